The Morgan fingerprint density at radius 2 is 0.825 bits per heavy atom. The molecule has 2 nitrogen and oxygen atoms in total. The van der Waals surface area contributed by atoms with E-state index in [4.69, 9.17) is 9.97 Å². The van der Waals surface area contributed by atoms with Gasteiger partial charge in [0.15, 0.2) is 0 Å². The van der Waals surface area contributed by atoms with E-state index in [1.165, 1.54) is 76.8 Å². The molecule has 0 aliphatic heterocycles. The van der Waals surface area contributed by atoms with E-state index in [1.807, 2.05) is 12.3 Å². The Morgan fingerprint density at radius 1 is 0.333 bits per heavy atom. The van der Waals surface area contributed by atoms with Gasteiger partial charge < -0.3 is 0 Å². The molecule has 0 saturated carbocycles. The van der Waals surface area contributed by atoms with Crippen LogP contribution in [-0.2, 0) is 5.41 Å². The van der Waals surface area contributed by atoms with Gasteiger partial charge in [-0.15, -0.1) is 0 Å². The average Bonchev–Trinajstić information content (AvgIpc) is 3.59. The van der Waals surface area contributed by atoms with Crippen LogP contribution in [0.2, 0.25) is 0 Å². The minimum absolute atomic E-state index is 0.500. The van der Waals surface area contributed by atoms with Crippen LogP contribution in [0.15, 0.2) is 206 Å². The van der Waals surface area contributed by atoms with Crippen molar-refractivity contribution < 1.29 is 0 Å². The topological polar surface area (TPSA) is 25.8 Å². The van der Waals surface area contributed by atoms with Crippen LogP contribution >= 0.6 is 0 Å². The average molecular weight is 723 g/mol. The lowest BCUT2D eigenvalue weighted by molar-refractivity contribution is 0.768. The number of nitrogens with zero attached hydrogens (tertiary/aromatic N) is 2. The van der Waals surface area contributed by atoms with Crippen molar-refractivity contribution in [2.24, 2.45) is 0 Å². The Hall–Kier alpha value is -7.42. The number of rotatable bonds is 4. The number of pyridine rings is 2. The van der Waals surface area contributed by atoms with Crippen molar-refractivity contribution in [2.75, 3.05) is 0 Å². The fourth-order valence-electron chi connectivity index (χ4n) is 9.81. The maximum Gasteiger partial charge on any atom is 0.0972 e. The summed E-state index contributed by atoms with van der Waals surface area (Å²) in [6.45, 7) is 0. The summed E-state index contributed by atoms with van der Waals surface area (Å²) >= 11 is 0. The summed E-state index contributed by atoms with van der Waals surface area (Å²) < 4.78 is 0. The highest BCUT2D eigenvalue weighted by atomic mass is 14.8. The number of hydrogen-bond acceptors (Lipinski definition) is 2. The second kappa shape index (κ2) is 12.3. The molecule has 0 amide bonds. The van der Waals surface area contributed by atoms with Gasteiger partial charge in [0.2, 0.25) is 0 Å². The molecule has 0 saturated heterocycles. The minimum atomic E-state index is -0.500. The van der Waals surface area contributed by atoms with Crippen LogP contribution in [0.3, 0.4) is 0 Å². The fraction of sp³-hybridized carbons (Fsp3) is 0.0182. The Balaban J connectivity index is 1.11. The maximum absolute atomic E-state index is 5.29. The fourth-order valence-corrected chi connectivity index (χ4v) is 9.81. The molecule has 0 atom stereocenters. The van der Waals surface area contributed by atoms with Gasteiger partial charge in [0, 0.05) is 22.5 Å². The molecule has 1 aliphatic carbocycles. The third kappa shape index (κ3) is 4.65. The second-order valence-electron chi connectivity index (χ2n) is 15.3. The number of benzene rings is 9. The molecule has 0 fully saturated rings. The molecule has 0 radical (unpaired) electrons. The number of fused-ring (bicyclic) bond motifs is 12. The highest BCUT2D eigenvalue weighted by Gasteiger charge is 2.46. The maximum atomic E-state index is 5.29. The van der Waals surface area contributed by atoms with Crippen LogP contribution < -0.4 is 0 Å². The molecule has 0 unspecified atom stereocenters. The van der Waals surface area contributed by atoms with Gasteiger partial charge in [0.1, 0.15) is 0 Å². The van der Waals surface area contributed by atoms with Gasteiger partial charge in [0.25, 0.3) is 0 Å². The zero-order valence-corrected chi connectivity index (χ0v) is 31.0. The van der Waals surface area contributed by atoms with Crippen molar-refractivity contribution >= 4 is 54.1 Å². The summed E-state index contributed by atoms with van der Waals surface area (Å²) in [6.07, 6.45) is 1.85. The number of hydrogen-bond donors (Lipinski definition) is 0. The first-order valence-electron chi connectivity index (χ1n) is 19.6. The molecule has 2 heteroatoms. The predicted molar refractivity (Wildman–Crippen MR) is 238 cm³/mol. The van der Waals surface area contributed by atoms with Gasteiger partial charge in [0.05, 0.1) is 22.1 Å². The van der Waals surface area contributed by atoms with Crippen molar-refractivity contribution in [3.63, 3.8) is 0 Å². The molecule has 9 aromatic carbocycles. The second-order valence-corrected chi connectivity index (χ2v) is 15.3. The van der Waals surface area contributed by atoms with Crippen LogP contribution in [0.1, 0.15) is 22.3 Å². The molecule has 12 rings (SSSR count). The van der Waals surface area contributed by atoms with Crippen LogP contribution in [-0.4, -0.2) is 9.97 Å². The molecule has 264 valence electrons. The highest BCUT2D eigenvalue weighted by Crippen LogP contribution is 2.57. The van der Waals surface area contributed by atoms with E-state index in [1.54, 1.807) is 0 Å². The van der Waals surface area contributed by atoms with E-state index in [0.29, 0.717) is 0 Å². The third-order valence-corrected chi connectivity index (χ3v) is 12.4. The van der Waals surface area contributed by atoms with Crippen molar-refractivity contribution in [3.05, 3.63) is 229 Å². The normalized spacial score (nSPS) is 13.1. The molecular weight excluding hydrogens is 689 g/mol. The molecule has 0 spiro atoms. The Kier molecular flexibility index (Phi) is 6.88. The predicted octanol–water partition coefficient (Wildman–Crippen LogP) is 13.9. The third-order valence-electron chi connectivity index (χ3n) is 12.4. The van der Waals surface area contributed by atoms with Gasteiger partial charge in [-0.3, -0.25) is 4.98 Å². The largest absolute Gasteiger partial charge is 0.254 e. The minimum Gasteiger partial charge on any atom is -0.254 e. The van der Waals surface area contributed by atoms with Crippen LogP contribution in [0.5, 0.6) is 0 Å². The van der Waals surface area contributed by atoms with Crippen molar-refractivity contribution in [1.82, 2.24) is 9.97 Å². The zero-order valence-electron chi connectivity index (χ0n) is 31.0. The molecule has 2 heterocycles. The summed E-state index contributed by atoms with van der Waals surface area (Å²) in [5, 5.41) is 9.88. The van der Waals surface area contributed by atoms with Crippen LogP contribution in [0.25, 0.3) is 87.6 Å². The zero-order chi connectivity index (χ0) is 37.5. The van der Waals surface area contributed by atoms with Gasteiger partial charge in [-0.2, -0.15) is 0 Å². The van der Waals surface area contributed by atoms with E-state index in [0.717, 1.165) is 33.1 Å². The van der Waals surface area contributed by atoms with Crippen molar-refractivity contribution in [2.45, 2.75) is 5.41 Å². The summed E-state index contributed by atoms with van der Waals surface area (Å²) in [6, 6.07) is 73.5. The van der Waals surface area contributed by atoms with E-state index in [-0.39, 0.29) is 0 Å². The monoisotopic (exact) mass is 722 g/mol. The first-order chi connectivity index (χ1) is 28.3. The van der Waals surface area contributed by atoms with E-state index in [2.05, 4.69) is 194 Å². The standard InChI is InChI=1S/C55H34N2/c1-3-13-40(14-4-1)55(41-15-5-2-6-16-41)50-28-24-38(37-23-27-46-44-19-8-7-17-42(44)43-18-9-10-20-45(43)47(46)32-37)33-48(50)49-34-39(25-29-51(49)55)52-30-26-36-22-21-35-12-11-31-56-53(35)54(36)57-52/h1-34H. The molecule has 1 aliphatic rings. The van der Waals surface area contributed by atoms with Gasteiger partial charge in [-0.25, -0.2) is 4.98 Å². The summed E-state index contributed by atoms with van der Waals surface area (Å²) in [4.78, 5) is 10.0. The Morgan fingerprint density at radius 3 is 1.47 bits per heavy atom. The lowest BCUT2D eigenvalue weighted by Gasteiger charge is -2.34. The van der Waals surface area contributed by atoms with Crippen LogP contribution in [0, 0.1) is 0 Å². The molecular formula is C55H34N2. The van der Waals surface area contributed by atoms with Gasteiger partial charge in [-0.05, 0) is 107 Å². The summed E-state index contributed by atoms with van der Waals surface area (Å²) in [5.74, 6) is 0. The smallest absolute Gasteiger partial charge is 0.0972 e. The highest BCUT2D eigenvalue weighted by molar-refractivity contribution is 6.25. The molecule has 11 aromatic rings. The Bertz CT molecular complexity index is 3330. The van der Waals surface area contributed by atoms with Gasteiger partial charge in [-0.1, -0.05) is 170 Å². The summed E-state index contributed by atoms with van der Waals surface area (Å²) in [7, 11) is 0. The quantitative estimate of drug-likeness (QED) is 0.169. The lowest BCUT2D eigenvalue weighted by atomic mass is 9.67. The summed E-state index contributed by atoms with van der Waals surface area (Å²) in [5.41, 5.74) is 13.3. The molecule has 57 heavy (non-hydrogen) atoms. The van der Waals surface area contributed by atoms with Crippen LogP contribution in [0.4, 0.5) is 0 Å². The van der Waals surface area contributed by atoms with E-state index >= 15 is 0 Å². The molecule has 0 bridgehead atoms. The van der Waals surface area contributed by atoms with E-state index in [9.17, 15) is 0 Å². The van der Waals surface area contributed by atoms with Crippen molar-refractivity contribution in [1.29, 1.82) is 0 Å². The van der Waals surface area contributed by atoms with Crippen molar-refractivity contribution in [3.8, 4) is 33.5 Å². The molecule has 2 aromatic heterocycles. The first-order valence-corrected chi connectivity index (χ1v) is 19.6. The Labute approximate surface area is 330 Å². The molecule has 0 N–H and O–H groups in total. The lowest BCUT2D eigenvalue weighted by Crippen LogP contribution is -2.28. The van der Waals surface area contributed by atoms with Gasteiger partial charge >= 0.3 is 0 Å². The SMILES string of the molecule is c1ccc(C2(c3ccccc3)c3ccc(-c4ccc5c6ccccc6c6ccccc6c5c4)cc3-c3cc(-c4ccc5ccc6cccnc6c5n4)ccc32)cc1. The first kappa shape index (κ1) is 31.9. The number of aromatic nitrogens is 2. The van der Waals surface area contributed by atoms with E-state index < -0.39 is 5.41 Å².